The molecular formula is C19H16F2N6O2S. The molecule has 0 amide bonds. The molecule has 0 fully saturated rings. The zero-order valence-electron chi connectivity index (χ0n) is 15.7. The second kappa shape index (κ2) is 7.34. The van der Waals surface area contributed by atoms with Crippen molar-refractivity contribution in [3.05, 3.63) is 65.9 Å². The number of rotatable bonds is 5. The number of nitrogens with zero attached hydrogens (tertiary/aromatic N) is 4. The van der Waals surface area contributed by atoms with Crippen LogP contribution in [0.4, 0.5) is 26.4 Å². The molecule has 0 saturated carbocycles. The zero-order valence-corrected chi connectivity index (χ0v) is 16.5. The number of fused-ring (bicyclic) bond motifs is 1. The van der Waals surface area contributed by atoms with Gasteiger partial charge in [-0.3, -0.25) is 10.00 Å². The Morgan fingerprint density at radius 2 is 1.93 bits per heavy atom. The summed E-state index contributed by atoms with van der Waals surface area (Å²) in [5.41, 5.74) is 6.82. The molecule has 0 radical (unpaired) electrons. The summed E-state index contributed by atoms with van der Waals surface area (Å²) < 4.78 is 51.7. The van der Waals surface area contributed by atoms with E-state index >= 15 is 0 Å². The van der Waals surface area contributed by atoms with Crippen molar-refractivity contribution in [3.63, 3.8) is 0 Å². The molecule has 2 aromatic carbocycles. The maximum absolute atomic E-state index is 14.0. The van der Waals surface area contributed by atoms with Crippen LogP contribution in [0.15, 0.2) is 53.6 Å². The minimum atomic E-state index is -3.77. The third-order valence-corrected chi connectivity index (χ3v) is 5.51. The number of aromatic amines is 1. The van der Waals surface area contributed by atoms with Crippen LogP contribution in [0, 0.1) is 11.6 Å². The number of hydrogen-bond donors (Lipinski definition) is 2. The molecule has 0 aliphatic carbocycles. The van der Waals surface area contributed by atoms with Gasteiger partial charge in [-0.15, -0.1) is 0 Å². The van der Waals surface area contributed by atoms with E-state index in [1.165, 1.54) is 41.4 Å². The van der Waals surface area contributed by atoms with Crippen molar-refractivity contribution < 1.29 is 17.2 Å². The summed E-state index contributed by atoms with van der Waals surface area (Å²) >= 11 is 0. The first-order valence-electron chi connectivity index (χ1n) is 8.70. The number of anilines is 3. The minimum absolute atomic E-state index is 0.0305. The van der Waals surface area contributed by atoms with Crippen LogP contribution >= 0.6 is 0 Å². The van der Waals surface area contributed by atoms with Crippen LogP contribution in [0.2, 0.25) is 0 Å². The summed E-state index contributed by atoms with van der Waals surface area (Å²) in [6.07, 6.45) is 2.38. The Balaban J connectivity index is 1.86. The first kappa shape index (κ1) is 19.7. The molecule has 0 aliphatic rings. The maximum Gasteiger partial charge on any atom is 0.233 e. The SMILES string of the molecule is CS(=O)(=O)c1cc(CN(c2nccc(N)n2)c2n[nH]c3ccc(F)cc23)ccc1F. The number of hydrogen-bond acceptors (Lipinski definition) is 7. The number of sulfone groups is 1. The largest absolute Gasteiger partial charge is 0.384 e. The van der Waals surface area contributed by atoms with E-state index in [1.54, 1.807) is 6.07 Å². The van der Waals surface area contributed by atoms with E-state index in [-0.39, 0.29) is 18.3 Å². The average Bonchev–Trinajstić information content (AvgIpc) is 3.09. The van der Waals surface area contributed by atoms with Gasteiger partial charge in [0.2, 0.25) is 5.95 Å². The van der Waals surface area contributed by atoms with Crippen molar-refractivity contribution in [3.8, 4) is 0 Å². The van der Waals surface area contributed by atoms with Gasteiger partial charge < -0.3 is 5.73 Å². The van der Waals surface area contributed by atoms with E-state index in [9.17, 15) is 17.2 Å². The molecule has 154 valence electrons. The standard InChI is InChI=1S/C19H16F2N6O2S/c1-30(28,29)16-8-11(2-4-14(16)21)10-27(19-23-7-6-17(22)24-19)18-13-9-12(20)3-5-15(13)25-26-18/h2-9H,10H2,1H3,(H,25,26)(H2,22,23,24). The molecule has 3 N–H and O–H groups in total. The van der Waals surface area contributed by atoms with Gasteiger partial charge in [0.1, 0.15) is 22.3 Å². The highest BCUT2D eigenvalue weighted by Crippen LogP contribution is 2.31. The fourth-order valence-electron chi connectivity index (χ4n) is 3.02. The van der Waals surface area contributed by atoms with Gasteiger partial charge in [0.15, 0.2) is 15.7 Å². The molecule has 4 aromatic rings. The van der Waals surface area contributed by atoms with Crippen LogP contribution in [-0.2, 0) is 16.4 Å². The number of nitrogens with one attached hydrogen (secondary N) is 1. The van der Waals surface area contributed by atoms with Gasteiger partial charge in [-0.05, 0) is 42.0 Å². The number of nitrogens with two attached hydrogens (primary N) is 1. The van der Waals surface area contributed by atoms with Gasteiger partial charge in [-0.25, -0.2) is 22.2 Å². The summed E-state index contributed by atoms with van der Waals surface area (Å²) in [5, 5.41) is 7.52. The van der Waals surface area contributed by atoms with Crippen molar-refractivity contribution in [2.45, 2.75) is 11.4 Å². The van der Waals surface area contributed by atoms with Crippen LogP contribution in [0.5, 0.6) is 0 Å². The molecule has 2 aromatic heterocycles. The summed E-state index contributed by atoms with van der Waals surface area (Å²) in [4.78, 5) is 9.51. The summed E-state index contributed by atoms with van der Waals surface area (Å²) in [6.45, 7) is 0.0305. The number of benzene rings is 2. The third-order valence-electron chi connectivity index (χ3n) is 4.40. The van der Waals surface area contributed by atoms with Gasteiger partial charge in [-0.2, -0.15) is 10.1 Å². The quantitative estimate of drug-likeness (QED) is 0.500. The van der Waals surface area contributed by atoms with E-state index in [2.05, 4.69) is 20.2 Å². The first-order valence-corrected chi connectivity index (χ1v) is 10.6. The molecule has 8 nitrogen and oxygen atoms in total. The Labute approximate surface area is 170 Å². The van der Waals surface area contributed by atoms with E-state index in [4.69, 9.17) is 5.73 Å². The van der Waals surface area contributed by atoms with Crippen molar-refractivity contribution >= 4 is 38.3 Å². The van der Waals surface area contributed by atoms with Crippen molar-refractivity contribution in [1.82, 2.24) is 20.2 Å². The van der Waals surface area contributed by atoms with E-state index in [1.807, 2.05) is 0 Å². The van der Waals surface area contributed by atoms with E-state index < -0.39 is 26.4 Å². The molecule has 0 saturated heterocycles. The van der Waals surface area contributed by atoms with Crippen molar-refractivity contribution in [1.29, 1.82) is 0 Å². The molecule has 11 heteroatoms. The normalized spacial score (nSPS) is 11.7. The fourth-order valence-corrected chi connectivity index (χ4v) is 3.81. The molecule has 0 spiro atoms. The van der Waals surface area contributed by atoms with Crippen LogP contribution < -0.4 is 10.6 Å². The number of H-pyrrole nitrogens is 1. The Morgan fingerprint density at radius 3 is 2.67 bits per heavy atom. The van der Waals surface area contributed by atoms with Gasteiger partial charge in [0.05, 0.1) is 12.1 Å². The lowest BCUT2D eigenvalue weighted by Gasteiger charge is -2.21. The predicted octanol–water partition coefficient (Wildman–Crippen LogP) is 2.96. The lowest BCUT2D eigenvalue weighted by molar-refractivity contribution is 0.569. The smallest absolute Gasteiger partial charge is 0.233 e. The fraction of sp³-hybridized carbons (Fsp3) is 0.105. The lowest BCUT2D eigenvalue weighted by atomic mass is 10.2. The number of aromatic nitrogens is 4. The van der Waals surface area contributed by atoms with Crippen LogP contribution in [0.25, 0.3) is 10.9 Å². The van der Waals surface area contributed by atoms with Crippen LogP contribution in [-0.4, -0.2) is 34.8 Å². The highest BCUT2D eigenvalue weighted by atomic mass is 32.2. The molecule has 2 heterocycles. The number of halogens is 2. The monoisotopic (exact) mass is 430 g/mol. The minimum Gasteiger partial charge on any atom is -0.384 e. The Kier molecular flexibility index (Phi) is 4.82. The van der Waals surface area contributed by atoms with Crippen LogP contribution in [0.3, 0.4) is 0 Å². The molecule has 0 atom stereocenters. The Bertz CT molecular complexity index is 1360. The van der Waals surface area contributed by atoms with E-state index in [0.29, 0.717) is 22.3 Å². The zero-order chi connectivity index (χ0) is 21.5. The number of nitrogen functional groups attached to an aromatic ring is 1. The third kappa shape index (κ3) is 3.79. The highest BCUT2D eigenvalue weighted by Gasteiger charge is 2.21. The summed E-state index contributed by atoms with van der Waals surface area (Å²) in [5.74, 6) is -0.634. The predicted molar refractivity (Wildman–Crippen MR) is 108 cm³/mol. The Morgan fingerprint density at radius 1 is 1.13 bits per heavy atom. The molecule has 30 heavy (non-hydrogen) atoms. The van der Waals surface area contributed by atoms with Crippen LogP contribution in [0.1, 0.15) is 5.56 Å². The van der Waals surface area contributed by atoms with Crippen molar-refractivity contribution in [2.75, 3.05) is 16.9 Å². The van der Waals surface area contributed by atoms with Gasteiger partial charge >= 0.3 is 0 Å². The topological polar surface area (TPSA) is 118 Å². The Hall–Kier alpha value is -3.60. The average molecular weight is 430 g/mol. The van der Waals surface area contributed by atoms with Crippen molar-refractivity contribution in [2.24, 2.45) is 0 Å². The van der Waals surface area contributed by atoms with Gasteiger partial charge in [-0.1, -0.05) is 6.07 Å². The lowest BCUT2D eigenvalue weighted by Crippen LogP contribution is -2.20. The highest BCUT2D eigenvalue weighted by molar-refractivity contribution is 7.90. The summed E-state index contributed by atoms with van der Waals surface area (Å²) in [7, 11) is -3.77. The second-order valence-electron chi connectivity index (χ2n) is 6.64. The molecule has 0 unspecified atom stereocenters. The second-order valence-corrected chi connectivity index (χ2v) is 8.63. The maximum atomic E-state index is 14.0. The van der Waals surface area contributed by atoms with Gasteiger partial charge in [0.25, 0.3) is 0 Å². The van der Waals surface area contributed by atoms with Gasteiger partial charge in [0, 0.05) is 17.8 Å². The molecule has 0 bridgehead atoms. The first-order chi connectivity index (χ1) is 14.2. The van der Waals surface area contributed by atoms with E-state index in [0.717, 1.165) is 12.3 Å². The molecule has 4 rings (SSSR count). The molecular weight excluding hydrogens is 414 g/mol. The molecule has 0 aliphatic heterocycles. The summed E-state index contributed by atoms with van der Waals surface area (Å²) in [6, 6.07) is 9.40.